The van der Waals surface area contributed by atoms with Crippen molar-refractivity contribution < 1.29 is 24.2 Å². The number of halogens is 1. The zero-order valence-electron chi connectivity index (χ0n) is 15.0. The summed E-state index contributed by atoms with van der Waals surface area (Å²) in [5.41, 5.74) is 1.73. The monoisotopic (exact) mass is 391 g/mol. The Morgan fingerprint density at radius 1 is 1.07 bits per heavy atom. The molecule has 0 aliphatic rings. The molecule has 0 atom stereocenters. The minimum atomic E-state index is -0.992. The van der Waals surface area contributed by atoms with E-state index in [1.165, 1.54) is 0 Å². The molecule has 0 saturated heterocycles. The van der Waals surface area contributed by atoms with E-state index in [2.05, 4.69) is 5.32 Å². The zero-order chi connectivity index (χ0) is 19.6. The van der Waals surface area contributed by atoms with Gasteiger partial charge in [-0.3, -0.25) is 9.59 Å². The second kappa shape index (κ2) is 10.4. The van der Waals surface area contributed by atoms with Crippen LogP contribution in [0.3, 0.4) is 0 Å². The number of carboxylic acid groups (broad SMARTS) is 1. The summed E-state index contributed by atoms with van der Waals surface area (Å²) in [6, 6.07) is 13.0. The van der Waals surface area contributed by atoms with E-state index in [0.717, 1.165) is 11.1 Å². The maximum Gasteiger partial charge on any atom is 0.303 e. The van der Waals surface area contributed by atoms with Crippen molar-refractivity contribution in [2.24, 2.45) is 0 Å². The van der Waals surface area contributed by atoms with Gasteiger partial charge in [0, 0.05) is 23.6 Å². The summed E-state index contributed by atoms with van der Waals surface area (Å²) in [7, 11) is 1.56. The Labute approximate surface area is 163 Å². The first kappa shape index (κ1) is 20.6. The molecule has 2 aromatic carbocycles. The lowest BCUT2D eigenvalue weighted by Gasteiger charge is -2.16. The highest BCUT2D eigenvalue weighted by molar-refractivity contribution is 6.31. The highest BCUT2D eigenvalue weighted by atomic mass is 35.5. The molecule has 0 unspecified atom stereocenters. The van der Waals surface area contributed by atoms with Crippen molar-refractivity contribution in [3.05, 3.63) is 58.6 Å². The molecule has 7 heteroatoms. The number of rotatable bonds is 10. The Bertz CT molecular complexity index is 794. The molecule has 2 rings (SSSR count). The number of carboxylic acids is 1. The second-order valence-corrected chi connectivity index (χ2v) is 6.23. The van der Waals surface area contributed by atoms with E-state index in [0.29, 0.717) is 29.5 Å². The van der Waals surface area contributed by atoms with Gasteiger partial charge in [-0.2, -0.15) is 0 Å². The lowest BCUT2D eigenvalue weighted by atomic mass is 10.1. The van der Waals surface area contributed by atoms with Gasteiger partial charge in [-0.1, -0.05) is 41.9 Å². The quantitative estimate of drug-likeness (QED) is 0.648. The number of carbonyl (C=O) groups excluding carboxylic acids is 1. The van der Waals surface area contributed by atoms with E-state index in [1.54, 1.807) is 19.2 Å². The molecule has 2 N–H and O–H groups in total. The van der Waals surface area contributed by atoms with Gasteiger partial charge in [0.25, 0.3) is 0 Å². The maximum absolute atomic E-state index is 11.6. The Hall–Kier alpha value is -2.73. The maximum atomic E-state index is 11.6. The molecule has 0 saturated carbocycles. The number of para-hydroxylation sites is 1. The van der Waals surface area contributed by atoms with Gasteiger partial charge in [-0.25, -0.2) is 0 Å². The van der Waals surface area contributed by atoms with Gasteiger partial charge in [-0.15, -0.1) is 0 Å². The molecule has 2 aromatic rings. The molecule has 0 spiro atoms. The number of ether oxygens (including phenoxy) is 2. The molecule has 27 heavy (non-hydrogen) atoms. The topological polar surface area (TPSA) is 84.9 Å². The number of carbonyl (C=O) groups is 2. The van der Waals surface area contributed by atoms with Crippen molar-refractivity contribution in [1.82, 2.24) is 5.32 Å². The first-order valence-electron chi connectivity index (χ1n) is 8.52. The summed E-state index contributed by atoms with van der Waals surface area (Å²) in [6.45, 7) is 0.659. The summed E-state index contributed by atoms with van der Waals surface area (Å²) in [5, 5.41) is 12.0. The van der Waals surface area contributed by atoms with Crippen LogP contribution in [0, 0.1) is 0 Å². The molecule has 0 radical (unpaired) electrons. The molecular formula is C20H22ClNO5. The number of benzene rings is 2. The van der Waals surface area contributed by atoms with Gasteiger partial charge < -0.3 is 19.9 Å². The number of aliphatic carboxylic acids is 1. The fourth-order valence-electron chi connectivity index (χ4n) is 2.49. The highest BCUT2D eigenvalue weighted by Crippen LogP contribution is 2.32. The van der Waals surface area contributed by atoms with Crippen molar-refractivity contribution in [2.75, 3.05) is 13.7 Å². The van der Waals surface area contributed by atoms with Gasteiger partial charge >= 0.3 is 5.97 Å². The Kier molecular flexibility index (Phi) is 7.95. The van der Waals surface area contributed by atoms with E-state index in [9.17, 15) is 9.59 Å². The van der Waals surface area contributed by atoms with E-state index in [4.69, 9.17) is 26.2 Å². The first-order valence-corrected chi connectivity index (χ1v) is 8.89. The third-order valence-corrected chi connectivity index (χ3v) is 4.26. The average molecular weight is 392 g/mol. The standard InChI is InChI=1S/C20H22ClNO5/c1-26-17-8-4-6-14(11-12-22-18(23)9-10-19(24)25)20(17)27-13-15-5-2-3-7-16(15)21/h2-8H,9-13H2,1H3,(H,22,23)(H,24,25). The summed E-state index contributed by atoms with van der Waals surface area (Å²) in [5.74, 6) is -0.0940. The van der Waals surface area contributed by atoms with Crippen LogP contribution in [-0.2, 0) is 22.6 Å². The summed E-state index contributed by atoms with van der Waals surface area (Å²) < 4.78 is 11.3. The fourth-order valence-corrected chi connectivity index (χ4v) is 2.68. The SMILES string of the molecule is COc1cccc(CCNC(=O)CCC(=O)O)c1OCc1ccccc1Cl. The van der Waals surface area contributed by atoms with E-state index in [1.807, 2.05) is 30.3 Å². The van der Waals surface area contributed by atoms with Crippen LogP contribution in [0.15, 0.2) is 42.5 Å². The molecular weight excluding hydrogens is 370 g/mol. The van der Waals surface area contributed by atoms with Crippen LogP contribution in [0.1, 0.15) is 24.0 Å². The Morgan fingerprint density at radius 2 is 1.81 bits per heavy atom. The molecule has 0 heterocycles. The van der Waals surface area contributed by atoms with Gasteiger partial charge in [0.05, 0.1) is 13.5 Å². The third kappa shape index (κ3) is 6.49. The fraction of sp³-hybridized carbons (Fsp3) is 0.300. The lowest BCUT2D eigenvalue weighted by Crippen LogP contribution is -2.26. The van der Waals surface area contributed by atoms with Crippen LogP contribution >= 0.6 is 11.6 Å². The summed E-state index contributed by atoms with van der Waals surface area (Å²) in [4.78, 5) is 22.2. The smallest absolute Gasteiger partial charge is 0.303 e. The van der Waals surface area contributed by atoms with Crippen LogP contribution in [0.5, 0.6) is 11.5 Å². The number of amides is 1. The van der Waals surface area contributed by atoms with E-state index in [-0.39, 0.29) is 25.4 Å². The number of hydrogen-bond acceptors (Lipinski definition) is 4. The Morgan fingerprint density at radius 3 is 2.52 bits per heavy atom. The van der Waals surface area contributed by atoms with Crippen LogP contribution in [0.4, 0.5) is 0 Å². The van der Waals surface area contributed by atoms with Crippen molar-refractivity contribution in [2.45, 2.75) is 25.9 Å². The molecule has 0 fully saturated rings. The van der Waals surface area contributed by atoms with Crippen molar-refractivity contribution >= 4 is 23.5 Å². The number of nitrogens with one attached hydrogen (secondary N) is 1. The lowest BCUT2D eigenvalue weighted by molar-refractivity contribution is -0.138. The average Bonchev–Trinajstić information content (AvgIpc) is 2.66. The molecule has 144 valence electrons. The number of hydrogen-bond donors (Lipinski definition) is 2. The molecule has 0 aliphatic heterocycles. The van der Waals surface area contributed by atoms with E-state index < -0.39 is 5.97 Å². The van der Waals surface area contributed by atoms with Crippen LogP contribution in [-0.4, -0.2) is 30.6 Å². The second-order valence-electron chi connectivity index (χ2n) is 5.82. The summed E-state index contributed by atoms with van der Waals surface area (Å²) in [6.07, 6.45) is 0.300. The number of methoxy groups -OCH3 is 1. The van der Waals surface area contributed by atoms with Gasteiger partial charge in [0.2, 0.25) is 5.91 Å². The first-order chi connectivity index (χ1) is 13.0. The minimum Gasteiger partial charge on any atom is -0.493 e. The Balaban J connectivity index is 2.00. The molecule has 0 bridgehead atoms. The van der Waals surface area contributed by atoms with Crippen LogP contribution in [0.2, 0.25) is 5.02 Å². The third-order valence-electron chi connectivity index (χ3n) is 3.89. The van der Waals surface area contributed by atoms with Crippen molar-refractivity contribution in [3.8, 4) is 11.5 Å². The molecule has 6 nitrogen and oxygen atoms in total. The highest BCUT2D eigenvalue weighted by Gasteiger charge is 2.12. The van der Waals surface area contributed by atoms with E-state index >= 15 is 0 Å². The van der Waals surface area contributed by atoms with Gasteiger partial charge in [-0.05, 0) is 24.1 Å². The largest absolute Gasteiger partial charge is 0.493 e. The van der Waals surface area contributed by atoms with Crippen LogP contribution < -0.4 is 14.8 Å². The molecule has 0 aliphatic carbocycles. The molecule has 1 amide bonds. The zero-order valence-corrected chi connectivity index (χ0v) is 15.8. The van der Waals surface area contributed by atoms with Crippen LogP contribution in [0.25, 0.3) is 0 Å². The minimum absolute atomic E-state index is 0.0384. The summed E-state index contributed by atoms with van der Waals surface area (Å²) >= 11 is 6.17. The normalized spacial score (nSPS) is 10.3. The predicted molar refractivity (Wildman–Crippen MR) is 102 cm³/mol. The van der Waals surface area contributed by atoms with Gasteiger partial charge in [0.15, 0.2) is 11.5 Å². The molecule has 0 aromatic heterocycles. The van der Waals surface area contributed by atoms with Crippen molar-refractivity contribution in [3.63, 3.8) is 0 Å². The van der Waals surface area contributed by atoms with Gasteiger partial charge in [0.1, 0.15) is 6.61 Å². The van der Waals surface area contributed by atoms with Crippen molar-refractivity contribution in [1.29, 1.82) is 0 Å². The predicted octanol–water partition coefficient (Wildman–Crippen LogP) is 3.45.